The van der Waals surface area contributed by atoms with Crippen molar-refractivity contribution in [3.8, 4) is 0 Å². The van der Waals surface area contributed by atoms with Crippen LogP contribution in [0.15, 0.2) is 60.8 Å². The van der Waals surface area contributed by atoms with Crippen molar-refractivity contribution < 1.29 is 14.4 Å². The average Bonchev–Trinajstić information content (AvgIpc) is 2.71. The Balaban J connectivity index is 1.53. The third-order valence-corrected chi connectivity index (χ3v) is 4.62. The van der Waals surface area contributed by atoms with Gasteiger partial charge >= 0.3 is 0 Å². The van der Waals surface area contributed by atoms with Gasteiger partial charge in [0.15, 0.2) is 0 Å². The summed E-state index contributed by atoms with van der Waals surface area (Å²) in [6.07, 6.45) is 3.76. The highest BCUT2D eigenvalue weighted by Crippen LogP contribution is 2.32. The Kier molecular flexibility index (Phi) is 6.22. The van der Waals surface area contributed by atoms with Crippen molar-refractivity contribution in [1.29, 1.82) is 0 Å². The molecule has 3 amide bonds. The van der Waals surface area contributed by atoms with E-state index in [1.165, 1.54) is 6.92 Å². The van der Waals surface area contributed by atoms with Gasteiger partial charge in [0.2, 0.25) is 11.8 Å². The molecule has 2 aromatic carbocycles. The van der Waals surface area contributed by atoms with E-state index in [4.69, 9.17) is 0 Å². The monoisotopic (exact) mass is 377 g/mol. The highest BCUT2D eigenvalue weighted by molar-refractivity contribution is 5.94. The molecule has 1 heterocycles. The van der Waals surface area contributed by atoms with Gasteiger partial charge in [-0.15, -0.1) is 0 Å². The van der Waals surface area contributed by atoms with E-state index < -0.39 is 0 Å². The lowest BCUT2D eigenvalue weighted by Gasteiger charge is -2.32. The minimum atomic E-state index is -0.336. The van der Waals surface area contributed by atoms with E-state index >= 15 is 0 Å². The zero-order chi connectivity index (χ0) is 19.9. The molecule has 1 aliphatic rings. The van der Waals surface area contributed by atoms with E-state index in [-0.39, 0.29) is 30.2 Å². The second-order valence-corrected chi connectivity index (χ2v) is 6.56. The van der Waals surface area contributed by atoms with Gasteiger partial charge in [0.05, 0.1) is 12.5 Å². The Morgan fingerprint density at radius 1 is 0.929 bits per heavy atom. The summed E-state index contributed by atoms with van der Waals surface area (Å²) in [5, 5.41) is 5.58. The summed E-state index contributed by atoms with van der Waals surface area (Å²) in [6, 6.07) is 16.3. The number of hydrogen-bond donors (Lipinski definition) is 2. The van der Waals surface area contributed by atoms with E-state index in [9.17, 15) is 14.4 Å². The summed E-state index contributed by atoms with van der Waals surface area (Å²) < 4.78 is 0. The highest BCUT2D eigenvalue weighted by atomic mass is 16.2. The highest BCUT2D eigenvalue weighted by Gasteiger charge is 2.27. The molecule has 0 aromatic heterocycles. The van der Waals surface area contributed by atoms with Crippen molar-refractivity contribution in [2.45, 2.75) is 19.4 Å². The molecule has 0 saturated heterocycles. The van der Waals surface area contributed by atoms with Gasteiger partial charge in [-0.2, -0.15) is 0 Å². The fraction of sp³-hybridized carbons (Fsp3) is 0.227. The Morgan fingerprint density at radius 3 is 2.36 bits per heavy atom. The molecule has 28 heavy (non-hydrogen) atoms. The van der Waals surface area contributed by atoms with Crippen LogP contribution in [0.25, 0.3) is 6.08 Å². The number of amides is 3. The van der Waals surface area contributed by atoms with Gasteiger partial charge in [-0.3, -0.25) is 14.4 Å². The lowest BCUT2D eigenvalue weighted by Crippen LogP contribution is -2.38. The molecular weight excluding hydrogens is 354 g/mol. The molecule has 0 aliphatic carbocycles. The van der Waals surface area contributed by atoms with Crippen LogP contribution in [-0.2, 0) is 9.59 Å². The fourth-order valence-corrected chi connectivity index (χ4v) is 3.23. The van der Waals surface area contributed by atoms with E-state index in [1.807, 2.05) is 36.4 Å². The number of rotatable bonds is 6. The van der Waals surface area contributed by atoms with Crippen molar-refractivity contribution in [2.24, 2.45) is 0 Å². The first-order chi connectivity index (χ1) is 13.6. The molecule has 0 radical (unpaired) electrons. The minimum absolute atomic E-state index is 0.112. The molecular formula is C22H23N3O3. The standard InChI is InChI=1S/C22H23N3O3/c1-16(26)25-14-11-17-7-5-6-10-19(17)20(25)15-21(27)23-12-13-24-22(28)18-8-3-2-4-9-18/h2-11,14,20H,12-13,15H2,1H3,(H,23,27)(H,24,28). The predicted molar refractivity (Wildman–Crippen MR) is 107 cm³/mol. The Labute approximate surface area is 164 Å². The summed E-state index contributed by atoms with van der Waals surface area (Å²) in [5.41, 5.74) is 2.54. The summed E-state index contributed by atoms with van der Waals surface area (Å²) >= 11 is 0. The molecule has 6 nitrogen and oxygen atoms in total. The summed E-state index contributed by atoms with van der Waals surface area (Å²) in [7, 11) is 0. The van der Waals surface area contributed by atoms with Gasteiger partial charge in [-0.1, -0.05) is 42.5 Å². The Hall–Kier alpha value is -3.41. The van der Waals surface area contributed by atoms with Crippen molar-refractivity contribution in [3.05, 3.63) is 77.5 Å². The maximum atomic E-state index is 12.4. The molecule has 0 saturated carbocycles. The fourth-order valence-electron chi connectivity index (χ4n) is 3.23. The first kappa shape index (κ1) is 19.4. The van der Waals surface area contributed by atoms with Gasteiger partial charge in [-0.25, -0.2) is 0 Å². The lowest BCUT2D eigenvalue weighted by atomic mass is 9.93. The quantitative estimate of drug-likeness (QED) is 0.759. The van der Waals surface area contributed by atoms with Crippen LogP contribution in [0, 0.1) is 0 Å². The Bertz CT molecular complexity index is 893. The number of carbonyl (C=O) groups is 3. The van der Waals surface area contributed by atoms with Crippen LogP contribution >= 0.6 is 0 Å². The van der Waals surface area contributed by atoms with Crippen LogP contribution in [-0.4, -0.2) is 35.7 Å². The molecule has 144 valence electrons. The summed E-state index contributed by atoms with van der Waals surface area (Å²) in [5.74, 6) is -0.460. The molecule has 2 N–H and O–H groups in total. The van der Waals surface area contributed by atoms with Gasteiger partial charge in [0.25, 0.3) is 5.91 Å². The van der Waals surface area contributed by atoms with Crippen LogP contribution in [0.4, 0.5) is 0 Å². The van der Waals surface area contributed by atoms with Crippen molar-refractivity contribution in [3.63, 3.8) is 0 Å². The number of benzene rings is 2. The molecule has 1 aliphatic heterocycles. The third kappa shape index (κ3) is 4.65. The lowest BCUT2D eigenvalue weighted by molar-refractivity contribution is -0.129. The Morgan fingerprint density at radius 2 is 1.61 bits per heavy atom. The summed E-state index contributed by atoms with van der Waals surface area (Å²) in [6.45, 7) is 2.14. The van der Waals surface area contributed by atoms with E-state index in [1.54, 1.807) is 35.4 Å². The number of nitrogens with zero attached hydrogens (tertiary/aromatic N) is 1. The van der Waals surface area contributed by atoms with Crippen LogP contribution in [0.2, 0.25) is 0 Å². The van der Waals surface area contributed by atoms with Crippen LogP contribution in [0.5, 0.6) is 0 Å². The normalized spacial score (nSPS) is 14.9. The van der Waals surface area contributed by atoms with Gasteiger partial charge in [0, 0.05) is 31.8 Å². The van der Waals surface area contributed by atoms with Crippen LogP contribution < -0.4 is 10.6 Å². The van der Waals surface area contributed by atoms with Gasteiger partial charge < -0.3 is 15.5 Å². The van der Waals surface area contributed by atoms with Crippen molar-refractivity contribution in [2.75, 3.05) is 13.1 Å². The van der Waals surface area contributed by atoms with E-state index in [2.05, 4.69) is 10.6 Å². The SMILES string of the molecule is CC(=O)N1C=Cc2ccccc2C1CC(=O)NCCNC(=O)c1ccccc1. The molecule has 6 heteroatoms. The minimum Gasteiger partial charge on any atom is -0.354 e. The topological polar surface area (TPSA) is 78.5 Å². The average molecular weight is 377 g/mol. The zero-order valence-electron chi connectivity index (χ0n) is 15.7. The van der Waals surface area contributed by atoms with E-state index in [0.717, 1.165) is 11.1 Å². The smallest absolute Gasteiger partial charge is 0.251 e. The van der Waals surface area contributed by atoms with Gasteiger partial charge in [-0.05, 0) is 29.3 Å². The number of hydrogen-bond acceptors (Lipinski definition) is 3. The maximum absolute atomic E-state index is 12.4. The summed E-state index contributed by atoms with van der Waals surface area (Å²) in [4.78, 5) is 38.0. The molecule has 2 aromatic rings. The van der Waals surface area contributed by atoms with Crippen molar-refractivity contribution >= 4 is 23.8 Å². The molecule has 0 fully saturated rings. The number of nitrogens with one attached hydrogen (secondary N) is 2. The third-order valence-electron chi connectivity index (χ3n) is 4.62. The first-order valence-electron chi connectivity index (χ1n) is 9.22. The second kappa shape index (κ2) is 8.99. The first-order valence-corrected chi connectivity index (χ1v) is 9.22. The number of carbonyl (C=O) groups excluding carboxylic acids is 3. The number of fused-ring (bicyclic) bond motifs is 1. The predicted octanol–water partition coefficient (Wildman–Crippen LogP) is 2.50. The molecule has 1 atom stereocenters. The zero-order valence-corrected chi connectivity index (χ0v) is 15.7. The molecule has 3 rings (SSSR count). The van der Waals surface area contributed by atoms with E-state index in [0.29, 0.717) is 18.7 Å². The van der Waals surface area contributed by atoms with Crippen LogP contribution in [0.1, 0.15) is 40.9 Å². The molecule has 0 bridgehead atoms. The largest absolute Gasteiger partial charge is 0.354 e. The molecule has 1 unspecified atom stereocenters. The maximum Gasteiger partial charge on any atom is 0.251 e. The molecule has 0 spiro atoms. The van der Waals surface area contributed by atoms with Crippen molar-refractivity contribution in [1.82, 2.24) is 15.5 Å². The van der Waals surface area contributed by atoms with Gasteiger partial charge in [0.1, 0.15) is 0 Å². The second-order valence-electron chi connectivity index (χ2n) is 6.56. The van der Waals surface area contributed by atoms with Crippen LogP contribution in [0.3, 0.4) is 0 Å².